The number of likely N-dealkylation sites (tertiary alicyclic amines) is 1. The van der Waals surface area contributed by atoms with Crippen molar-refractivity contribution in [2.45, 2.75) is 26.3 Å². The van der Waals surface area contributed by atoms with Crippen molar-refractivity contribution in [1.29, 1.82) is 0 Å². The van der Waals surface area contributed by atoms with Crippen LogP contribution in [0.1, 0.15) is 24.3 Å². The van der Waals surface area contributed by atoms with Crippen LogP contribution < -0.4 is 10.1 Å². The number of carbonyl (C=O) groups is 1. The van der Waals surface area contributed by atoms with Crippen molar-refractivity contribution in [2.75, 3.05) is 25.5 Å². The molecule has 1 fully saturated rings. The summed E-state index contributed by atoms with van der Waals surface area (Å²) in [6.07, 6.45) is 1.80. The van der Waals surface area contributed by atoms with Gasteiger partial charge in [0.05, 0.1) is 19.6 Å². The fourth-order valence-electron chi connectivity index (χ4n) is 3.78. The van der Waals surface area contributed by atoms with Crippen molar-refractivity contribution in [3.05, 3.63) is 58.9 Å². The molecule has 0 spiro atoms. The number of nitrogens with zero attached hydrogens (tertiary/aromatic N) is 3. The van der Waals surface area contributed by atoms with Crippen molar-refractivity contribution in [3.63, 3.8) is 0 Å². The molecule has 3 aromatic rings. The van der Waals surface area contributed by atoms with E-state index in [0.29, 0.717) is 29.8 Å². The maximum atomic E-state index is 12.8. The van der Waals surface area contributed by atoms with Crippen molar-refractivity contribution in [2.24, 2.45) is 5.92 Å². The first-order valence-corrected chi connectivity index (χ1v) is 10.7. The molecule has 1 aliphatic rings. The Kier molecular flexibility index (Phi) is 6.53. The number of rotatable bonds is 6. The average molecular weight is 441 g/mol. The smallest absolute Gasteiger partial charge is 0.241 e. The number of carbonyl (C=O) groups excluding carboxylic acids is 1. The number of ether oxygens (including phenoxy) is 1. The number of halogens is 1. The van der Waals surface area contributed by atoms with Gasteiger partial charge in [-0.2, -0.15) is 4.98 Å². The van der Waals surface area contributed by atoms with Gasteiger partial charge in [0, 0.05) is 22.8 Å². The molecule has 1 aromatic heterocycles. The first-order chi connectivity index (χ1) is 15.0. The van der Waals surface area contributed by atoms with Gasteiger partial charge in [0.2, 0.25) is 17.6 Å². The minimum absolute atomic E-state index is 0.0274. The van der Waals surface area contributed by atoms with Crippen LogP contribution in [0.5, 0.6) is 5.75 Å². The third kappa shape index (κ3) is 5.24. The minimum atomic E-state index is -0.0900. The zero-order valence-corrected chi connectivity index (χ0v) is 18.4. The molecule has 1 N–H and O–H groups in total. The molecule has 2 heterocycles. The lowest BCUT2D eigenvalue weighted by Crippen LogP contribution is -2.40. The van der Waals surface area contributed by atoms with Gasteiger partial charge in [0.1, 0.15) is 5.75 Å². The van der Waals surface area contributed by atoms with Gasteiger partial charge in [-0.05, 0) is 74.3 Å². The maximum Gasteiger partial charge on any atom is 0.241 e. The Bertz CT molecular complexity index is 1050. The van der Waals surface area contributed by atoms with E-state index in [0.717, 1.165) is 42.0 Å². The summed E-state index contributed by atoms with van der Waals surface area (Å²) in [6, 6.07) is 13.0. The lowest BCUT2D eigenvalue weighted by atomic mass is 9.97. The normalized spacial score (nSPS) is 16.8. The number of hydrogen-bond donors (Lipinski definition) is 1. The Balaban J connectivity index is 1.36. The molecule has 0 radical (unpaired) electrons. The van der Waals surface area contributed by atoms with Crippen LogP contribution in [0.2, 0.25) is 5.02 Å². The zero-order valence-electron chi connectivity index (χ0n) is 17.6. The first kappa shape index (κ1) is 21.3. The topological polar surface area (TPSA) is 80.5 Å². The molecule has 7 nitrogen and oxygen atoms in total. The Morgan fingerprint density at radius 3 is 2.84 bits per heavy atom. The van der Waals surface area contributed by atoms with Crippen LogP contribution in [0.4, 0.5) is 5.69 Å². The van der Waals surface area contributed by atoms with E-state index in [-0.39, 0.29) is 11.8 Å². The number of methoxy groups -OCH3 is 1. The quantitative estimate of drug-likeness (QED) is 0.605. The average Bonchev–Trinajstić information content (AvgIpc) is 3.24. The number of piperidine rings is 1. The highest BCUT2D eigenvalue weighted by molar-refractivity contribution is 6.30. The summed E-state index contributed by atoms with van der Waals surface area (Å²) in [5.74, 6) is 1.80. The van der Waals surface area contributed by atoms with Crippen LogP contribution in [0, 0.1) is 12.8 Å². The summed E-state index contributed by atoms with van der Waals surface area (Å²) >= 11 is 6.01. The van der Waals surface area contributed by atoms with E-state index >= 15 is 0 Å². The SMILES string of the molecule is COc1ccc(-c2noc(CN3CCCC(C(=O)Nc4ccc(Cl)cc4C)C3)n2)cc1. The van der Waals surface area contributed by atoms with E-state index in [9.17, 15) is 4.79 Å². The highest BCUT2D eigenvalue weighted by Crippen LogP contribution is 2.24. The second-order valence-corrected chi connectivity index (χ2v) is 8.20. The first-order valence-electron chi connectivity index (χ1n) is 10.3. The third-order valence-electron chi connectivity index (χ3n) is 5.50. The molecule has 1 unspecified atom stereocenters. The van der Waals surface area contributed by atoms with E-state index in [1.807, 2.05) is 43.3 Å². The molecule has 1 atom stereocenters. The van der Waals surface area contributed by atoms with Crippen molar-refractivity contribution in [1.82, 2.24) is 15.0 Å². The van der Waals surface area contributed by atoms with Crippen LogP contribution >= 0.6 is 11.6 Å². The molecule has 0 bridgehead atoms. The third-order valence-corrected chi connectivity index (χ3v) is 5.73. The molecular formula is C23H25ClN4O3. The molecule has 1 saturated heterocycles. The van der Waals surface area contributed by atoms with Crippen molar-refractivity contribution < 1.29 is 14.1 Å². The Labute approximate surface area is 186 Å². The van der Waals surface area contributed by atoms with Gasteiger partial charge in [-0.25, -0.2) is 0 Å². The Hall–Kier alpha value is -2.90. The van der Waals surface area contributed by atoms with Gasteiger partial charge in [0.25, 0.3) is 0 Å². The molecule has 1 amide bonds. The van der Waals surface area contributed by atoms with Crippen LogP contribution in [0.15, 0.2) is 47.0 Å². The Morgan fingerprint density at radius 2 is 2.10 bits per heavy atom. The fraction of sp³-hybridized carbons (Fsp3) is 0.348. The van der Waals surface area contributed by atoms with Crippen molar-refractivity contribution in [3.8, 4) is 17.1 Å². The van der Waals surface area contributed by atoms with Crippen LogP contribution in [-0.4, -0.2) is 41.1 Å². The number of benzene rings is 2. The summed E-state index contributed by atoms with van der Waals surface area (Å²) in [5, 5.41) is 7.79. The maximum absolute atomic E-state index is 12.8. The van der Waals surface area contributed by atoms with Crippen LogP contribution in [0.3, 0.4) is 0 Å². The number of aryl methyl sites for hydroxylation is 1. The largest absolute Gasteiger partial charge is 0.497 e. The van der Waals surface area contributed by atoms with Gasteiger partial charge < -0.3 is 14.6 Å². The van der Waals surface area contributed by atoms with Crippen molar-refractivity contribution >= 4 is 23.2 Å². The monoisotopic (exact) mass is 440 g/mol. The lowest BCUT2D eigenvalue weighted by Gasteiger charge is -2.31. The predicted octanol–water partition coefficient (Wildman–Crippen LogP) is 4.56. The molecule has 0 saturated carbocycles. The summed E-state index contributed by atoms with van der Waals surface area (Å²) in [5.41, 5.74) is 2.61. The highest BCUT2D eigenvalue weighted by atomic mass is 35.5. The molecule has 31 heavy (non-hydrogen) atoms. The lowest BCUT2D eigenvalue weighted by molar-refractivity contribution is -0.121. The zero-order chi connectivity index (χ0) is 21.8. The molecule has 0 aliphatic carbocycles. The minimum Gasteiger partial charge on any atom is -0.497 e. The number of anilines is 1. The number of hydrogen-bond acceptors (Lipinski definition) is 6. The van der Waals surface area contributed by atoms with Gasteiger partial charge in [0.15, 0.2) is 0 Å². The van der Waals surface area contributed by atoms with E-state index in [4.69, 9.17) is 20.9 Å². The highest BCUT2D eigenvalue weighted by Gasteiger charge is 2.27. The summed E-state index contributed by atoms with van der Waals surface area (Å²) in [6.45, 7) is 4.00. The molecule has 2 aromatic carbocycles. The predicted molar refractivity (Wildman–Crippen MR) is 119 cm³/mol. The molecule has 4 rings (SSSR count). The molecular weight excluding hydrogens is 416 g/mol. The van der Waals surface area contributed by atoms with E-state index in [2.05, 4.69) is 20.4 Å². The van der Waals surface area contributed by atoms with E-state index in [1.165, 1.54) is 0 Å². The number of nitrogens with one attached hydrogen (secondary N) is 1. The number of aromatic nitrogens is 2. The van der Waals surface area contributed by atoms with E-state index < -0.39 is 0 Å². The van der Waals surface area contributed by atoms with Gasteiger partial charge >= 0.3 is 0 Å². The summed E-state index contributed by atoms with van der Waals surface area (Å²) in [7, 11) is 1.63. The molecule has 162 valence electrons. The second kappa shape index (κ2) is 9.49. The fourth-order valence-corrected chi connectivity index (χ4v) is 4.01. The van der Waals surface area contributed by atoms with Gasteiger partial charge in [-0.1, -0.05) is 16.8 Å². The molecule has 8 heteroatoms. The molecule has 1 aliphatic heterocycles. The summed E-state index contributed by atoms with van der Waals surface area (Å²) in [4.78, 5) is 19.5. The standard InChI is InChI=1S/C23H25ClN4O3/c1-15-12-18(24)7-10-20(15)25-23(29)17-4-3-11-28(13-17)14-21-26-22(27-31-21)16-5-8-19(30-2)9-6-16/h5-10,12,17H,3-4,11,13-14H2,1-2H3,(H,25,29). The summed E-state index contributed by atoms with van der Waals surface area (Å²) < 4.78 is 10.6. The van der Waals surface area contributed by atoms with E-state index in [1.54, 1.807) is 13.2 Å². The second-order valence-electron chi connectivity index (χ2n) is 7.76. The van der Waals surface area contributed by atoms with Gasteiger partial charge in [-0.3, -0.25) is 9.69 Å². The van der Waals surface area contributed by atoms with Gasteiger partial charge in [-0.15, -0.1) is 0 Å². The van der Waals surface area contributed by atoms with Crippen LogP contribution in [0.25, 0.3) is 11.4 Å². The van der Waals surface area contributed by atoms with Crippen LogP contribution in [-0.2, 0) is 11.3 Å². The Morgan fingerprint density at radius 1 is 1.29 bits per heavy atom. The number of amides is 1.